The monoisotopic (exact) mass is 595 g/mol. The van der Waals surface area contributed by atoms with Crippen LogP contribution in [0.15, 0.2) is 66.7 Å². The molecule has 0 aliphatic carbocycles. The van der Waals surface area contributed by atoms with Crippen LogP contribution in [0.25, 0.3) is 0 Å². The Morgan fingerprint density at radius 1 is 0.667 bits per heavy atom. The number of hydrogen-bond donors (Lipinski definition) is 0. The number of nitrogens with zero attached hydrogens (tertiary/aromatic N) is 1. The third-order valence-electron chi connectivity index (χ3n) is 5.97. The fraction of sp³-hybridized carbons (Fsp3) is 0.357. The first-order chi connectivity index (χ1) is 14.6. The molecule has 0 spiro atoms. The summed E-state index contributed by atoms with van der Waals surface area (Å²) in [4.78, 5) is 2.54. The molecule has 0 N–H and O–H groups in total. The van der Waals surface area contributed by atoms with Crippen LogP contribution < -0.4 is 9.81 Å². The third-order valence-corrected chi connectivity index (χ3v) is 15.9. The van der Waals surface area contributed by atoms with Gasteiger partial charge in [0, 0.05) is 0 Å². The summed E-state index contributed by atoms with van der Waals surface area (Å²) >= 11 is -2.38. The fourth-order valence-corrected chi connectivity index (χ4v) is 13.2. The third kappa shape index (κ3) is 5.60. The molecule has 3 aromatic carbocycles. The van der Waals surface area contributed by atoms with Crippen LogP contribution >= 0.6 is 0 Å². The van der Waals surface area contributed by atoms with E-state index in [4.69, 9.17) is 0 Å². The summed E-state index contributed by atoms with van der Waals surface area (Å²) in [6.07, 6.45) is 2.20. The van der Waals surface area contributed by atoms with E-state index in [1.807, 2.05) is 0 Å². The van der Waals surface area contributed by atoms with E-state index in [1.165, 1.54) is 22.3 Å². The van der Waals surface area contributed by atoms with Crippen LogP contribution in [0, 0.1) is 6.92 Å². The topological polar surface area (TPSA) is 3.24 Å². The van der Waals surface area contributed by atoms with E-state index < -0.39 is 21.8 Å². The molecule has 3 rings (SSSR count). The van der Waals surface area contributed by atoms with E-state index in [2.05, 4.69) is 106 Å². The molecule has 30 heavy (non-hydrogen) atoms. The van der Waals surface area contributed by atoms with Crippen molar-refractivity contribution in [1.29, 1.82) is 0 Å². The quantitative estimate of drug-likeness (QED) is 0.330. The number of aryl methyl sites for hydroxylation is 3. The normalized spacial score (nSPS) is 11.4. The van der Waals surface area contributed by atoms with Crippen molar-refractivity contribution >= 4 is 31.6 Å². The minimum absolute atomic E-state index is 1.05. The molecule has 0 aromatic heterocycles. The van der Waals surface area contributed by atoms with E-state index in [1.54, 1.807) is 9.81 Å². The van der Waals surface area contributed by atoms with Gasteiger partial charge < -0.3 is 0 Å². The summed E-state index contributed by atoms with van der Waals surface area (Å²) < 4.78 is 4.79. The van der Waals surface area contributed by atoms with E-state index in [0.717, 1.165) is 32.5 Å². The first kappa shape index (κ1) is 23.2. The van der Waals surface area contributed by atoms with Crippen LogP contribution in [-0.2, 0) is 19.4 Å². The van der Waals surface area contributed by atoms with E-state index in [-0.39, 0.29) is 0 Å². The molecule has 2 heteroatoms. The minimum atomic E-state index is -2.38. The average molecular weight is 596 g/mol. The Balaban J connectivity index is 2.13. The second-order valence-corrected chi connectivity index (χ2v) is 16.5. The summed E-state index contributed by atoms with van der Waals surface area (Å²) in [6.45, 7) is 14.5. The van der Waals surface area contributed by atoms with Gasteiger partial charge in [-0.1, -0.05) is 0 Å². The van der Waals surface area contributed by atoms with E-state index >= 15 is 0 Å². The molecule has 0 fully saturated rings. The summed E-state index contributed by atoms with van der Waals surface area (Å²) in [5.41, 5.74) is 5.76. The molecule has 0 unspecified atom stereocenters. The predicted molar refractivity (Wildman–Crippen MR) is 134 cm³/mol. The van der Waals surface area contributed by atoms with Gasteiger partial charge in [0.25, 0.3) is 0 Å². The number of benzene rings is 3. The molecular formula is C28H36BiN. The molecule has 0 aliphatic heterocycles. The average Bonchev–Trinajstić information content (AvgIpc) is 2.79. The molecule has 3 aromatic rings. The van der Waals surface area contributed by atoms with E-state index in [0.29, 0.717) is 0 Å². The molecule has 0 heterocycles. The van der Waals surface area contributed by atoms with Crippen molar-refractivity contribution in [2.24, 2.45) is 0 Å². The fourth-order valence-electron chi connectivity index (χ4n) is 3.94. The van der Waals surface area contributed by atoms with Crippen molar-refractivity contribution in [3.8, 4) is 0 Å². The van der Waals surface area contributed by atoms with Crippen LogP contribution in [0.4, 0.5) is 0 Å². The van der Waals surface area contributed by atoms with Crippen molar-refractivity contribution in [3.63, 3.8) is 0 Å². The molecule has 0 atom stereocenters. The maximum absolute atomic E-state index is 2.54. The first-order valence-electron chi connectivity index (χ1n) is 11.4. The number of rotatable bonds is 9. The van der Waals surface area contributed by atoms with Crippen LogP contribution in [0.2, 0.25) is 0 Å². The molecule has 1 nitrogen and oxygen atoms in total. The van der Waals surface area contributed by atoms with Gasteiger partial charge in [-0.2, -0.15) is 0 Å². The Labute approximate surface area is 191 Å². The van der Waals surface area contributed by atoms with Crippen molar-refractivity contribution in [3.05, 3.63) is 89.0 Å². The Hall–Kier alpha value is -1.50. The van der Waals surface area contributed by atoms with Gasteiger partial charge in [-0.05, 0) is 0 Å². The van der Waals surface area contributed by atoms with E-state index in [9.17, 15) is 0 Å². The predicted octanol–water partition coefficient (Wildman–Crippen LogP) is 4.48. The van der Waals surface area contributed by atoms with Crippen LogP contribution in [0.3, 0.4) is 0 Å². The SMILES string of the molecule is CCc1cc[c]([Bi]([c]2ccc(CC)cc2)[c]2ccc(C)cc2CN(CC)CC)cc1. The van der Waals surface area contributed by atoms with Gasteiger partial charge >= 0.3 is 193 Å². The summed E-state index contributed by atoms with van der Waals surface area (Å²) in [5, 5.41) is 0. The van der Waals surface area contributed by atoms with Crippen LogP contribution in [0.1, 0.15) is 49.9 Å². The zero-order valence-electron chi connectivity index (χ0n) is 19.3. The van der Waals surface area contributed by atoms with Crippen molar-refractivity contribution in [2.75, 3.05) is 13.1 Å². The van der Waals surface area contributed by atoms with Gasteiger partial charge in [-0.3, -0.25) is 0 Å². The molecule has 0 saturated heterocycles. The van der Waals surface area contributed by atoms with Gasteiger partial charge in [0.1, 0.15) is 0 Å². The van der Waals surface area contributed by atoms with Gasteiger partial charge in [0.15, 0.2) is 0 Å². The Kier molecular flexibility index (Phi) is 8.66. The standard InChI is InChI=1S/C12H18N.2C8H9.Bi/c1-4-13(5-2)10-12-8-6-7-11(3)9-12;2*1-2-8-6-4-3-5-7-8;/h6-7,9H,4-5,10H2,1-3H3;2*4-7H,2H2,1H3;. The van der Waals surface area contributed by atoms with Gasteiger partial charge in [0.05, 0.1) is 0 Å². The molecule has 0 amide bonds. The molecule has 0 bridgehead atoms. The second-order valence-electron chi connectivity index (χ2n) is 7.97. The molecule has 158 valence electrons. The van der Waals surface area contributed by atoms with Gasteiger partial charge in [0.2, 0.25) is 0 Å². The van der Waals surface area contributed by atoms with Crippen molar-refractivity contribution in [1.82, 2.24) is 4.90 Å². The Bertz CT molecular complexity index is 876. The van der Waals surface area contributed by atoms with Crippen LogP contribution in [-0.4, -0.2) is 39.7 Å². The zero-order valence-corrected chi connectivity index (χ0v) is 22.8. The second kappa shape index (κ2) is 11.2. The van der Waals surface area contributed by atoms with Crippen molar-refractivity contribution in [2.45, 2.75) is 54.0 Å². The maximum atomic E-state index is 2.54. The Morgan fingerprint density at radius 2 is 1.17 bits per heavy atom. The summed E-state index contributed by atoms with van der Waals surface area (Å²) in [6, 6.07) is 26.3. The zero-order chi connectivity index (χ0) is 21.5. The van der Waals surface area contributed by atoms with Gasteiger partial charge in [-0.15, -0.1) is 0 Å². The van der Waals surface area contributed by atoms with Crippen LogP contribution in [0.5, 0.6) is 0 Å². The number of hydrogen-bond acceptors (Lipinski definition) is 1. The van der Waals surface area contributed by atoms with Crippen molar-refractivity contribution < 1.29 is 0 Å². The Morgan fingerprint density at radius 3 is 1.60 bits per heavy atom. The summed E-state index contributed by atoms with van der Waals surface area (Å²) in [7, 11) is 0. The molecule has 0 aliphatic rings. The first-order valence-corrected chi connectivity index (χ1v) is 16.6. The molecular weight excluding hydrogens is 559 g/mol. The summed E-state index contributed by atoms with van der Waals surface area (Å²) in [5.74, 6) is 0. The molecule has 0 radical (unpaired) electrons. The van der Waals surface area contributed by atoms with Gasteiger partial charge in [-0.25, -0.2) is 0 Å². The molecule has 0 saturated carbocycles.